The Bertz CT molecular complexity index is 2460. The lowest BCUT2D eigenvalue weighted by atomic mass is 9.78. The molecule has 0 aromatic heterocycles. The first kappa shape index (κ1) is 50.1. The third-order valence-electron chi connectivity index (χ3n) is 13.5. The molecule has 0 unspecified atom stereocenters. The van der Waals surface area contributed by atoms with Crippen molar-refractivity contribution < 1.29 is 58.2 Å². The van der Waals surface area contributed by atoms with Gasteiger partial charge in [-0.25, -0.2) is 4.99 Å². The van der Waals surface area contributed by atoms with Crippen LogP contribution in [0.3, 0.4) is 0 Å². The van der Waals surface area contributed by atoms with Crippen molar-refractivity contribution in [2.45, 2.75) is 118 Å². The molecule has 0 saturated carbocycles. The van der Waals surface area contributed by atoms with Crippen LogP contribution >= 0.6 is 0 Å². The van der Waals surface area contributed by atoms with E-state index >= 15 is 0 Å². The average Bonchev–Trinajstić information content (AvgIpc) is 3.76. The van der Waals surface area contributed by atoms with E-state index in [-0.39, 0.29) is 56.2 Å². The second-order valence-electron chi connectivity index (χ2n) is 19.0. The average molecular weight is 918 g/mol. The summed E-state index contributed by atoms with van der Waals surface area (Å²) >= 11 is 0. The van der Waals surface area contributed by atoms with Crippen LogP contribution in [0.2, 0.25) is 0 Å². The predicted molar refractivity (Wildman–Crippen MR) is 246 cm³/mol. The molecule has 5 N–H and O–H groups in total. The number of hydrogen-bond acceptors (Lipinski definition) is 16. The van der Waals surface area contributed by atoms with E-state index in [9.17, 15) is 34.5 Å². The van der Waals surface area contributed by atoms with Crippen LogP contribution in [0.4, 0.5) is 5.69 Å². The highest BCUT2D eigenvalue weighted by Crippen LogP contribution is 2.51. The van der Waals surface area contributed by atoms with E-state index in [4.69, 9.17) is 28.7 Å². The van der Waals surface area contributed by atoms with Crippen molar-refractivity contribution in [1.29, 1.82) is 0 Å². The lowest BCUT2D eigenvalue weighted by Crippen LogP contribution is -2.47. The quantitative estimate of drug-likeness (QED) is 0.190. The molecule has 360 valence electrons. The number of ketones is 1. The van der Waals surface area contributed by atoms with E-state index in [1.165, 1.54) is 27.2 Å². The van der Waals surface area contributed by atoms with Crippen molar-refractivity contribution in [1.82, 2.24) is 10.2 Å². The minimum atomic E-state index is -1.98. The molecule has 66 heavy (non-hydrogen) atoms. The highest BCUT2D eigenvalue weighted by Gasteiger charge is 2.51. The van der Waals surface area contributed by atoms with Crippen molar-refractivity contribution in [2.75, 3.05) is 45.7 Å². The summed E-state index contributed by atoms with van der Waals surface area (Å²) in [5.41, 5.74) is -0.193. The van der Waals surface area contributed by atoms with Crippen molar-refractivity contribution in [3.63, 3.8) is 0 Å². The summed E-state index contributed by atoms with van der Waals surface area (Å²) in [6.45, 7) is 19.5. The number of esters is 2. The number of benzene rings is 2. The number of fused-ring (bicyclic) bond motifs is 13. The number of likely N-dealkylation sites (tertiary alicyclic amines) is 1. The number of Topliss-reactive ketones (excluding diaryl/α,β-unsaturated/α-hetero) is 1. The van der Waals surface area contributed by atoms with E-state index in [1.807, 2.05) is 6.92 Å². The van der Waals surface area contributed by atoms with Gasteiger partial charge in [0.05, 0.1) is 41.7 Å². The molecule has 7 rings (SSSR count). The molecule has 1 saturated heterocycles. The molecule has 2 aromatic rings. The van der Waals surface area contributed by atoms with E-state index in [0.717, 1.165) is 6.54 Å². The van der Waals surface area contributed by atoms with Crippen LogP contribution in [0.1, 0.15) is 91.1 Å². The Kier molecular flexibility index (Phi) is 15.1. The fraction of sp³-hybridized carbons (Fsp3) is 0.592. The van der Waals surface area contributed by atoms with Gasteiger partial charge in [-0.15, -0.1) is 0 Å². The van der Waals surface area contributed by atoms with Gasteiger partial charge in [0.2, 0.25) is 0 Å². The van der Waals surface area contributed by atoms with Crippen LogP contribution in [0.25, 0.3) is 10.8 Å². The third-order valence-corrected chi connectivity index (χ3v) is 13.5. The first-order valence-electron chi connectivity index (χ1n) is 22.8. The van der Waals surface area contributed by atoms with Crippen molar-refractivity contribution in [3.05, 3.63) is 58.0 Å². The summed E-state index contributed by atoms with van der Waals surface area (Å²) in [4.78, 5) is 66.4. The number of amides is 1. The van der Waals surface area contributed by atoms with Gasteiger partial charge in [0.15, 0.2) is 5.75 Å². The number of phenols is 2. The summed E-state index contributed by atoms with van der Waals surface area (Å²) in [7, 11) is 3.07. The molecule has 9 atom stereocenters. The molecule has 17 heteroatoms. The summed E-state index contributed by atoms with van der Waals surface area (Å²) in [5.74, 6) is -7.39. The van der Waals surface area contributed by atoms with Crippen LogP contribution in [-0.2, 0) is 33.3 Å². The molecular formula is C49H67N5O12. The molecule has 0 aliphatic carbocycles. The van der Waals surface area contributed by atoms with Gasteiger partial charge in [0, 0.05) is 93.6 Å². The maximum atomic E-state index is 14.8. The molecule has 5 aliphatic rings. The Labute approximate surface area is 386 Å². The smallest absolute Gasteiger partial charge is 0.320 e. The first-order valence-corrected chi connectivity index (χ1v) is 22.8. The topological polar surface area (TPSA) is 227 Å². The minimum absolute atomic E-state index is 0.0425. The number of aliphatic hydroxyl groups is 1. The van der Waals surface area contributed by atoms with Gasteiger partial charge >= 0.3 is 17.7 Å². The number of phenolic OH excluding ortho intramolecular Hbond substituents is 2. The maximum Gasteiger partial charge on any atom is 0.320 e. The number of piperidine rings is 1. The van der Waals surface area contributed by atoms with Crippen LogP contribution in [-0.4, -0.2) is 120 Å². The number of nitrogens with zero attached hydrogens (tertiary/aromatic N) is 3. The second-order valence-corrected chi connectivity index (χ2v) is 19.0. The number of anilines is 1. The number of aromatic hydroxyl groups is 2. The molecule has 1 spiro atoms. The number of aliphatic hydroxyl groups excluding tert-OH is 1. The molecule has 0 radical (unpaired) electrons. The van der Waals surface area contributed by atoms with Crippen LogP contribution in [0, 0.1) is 36.5 Å². The number of methoxy groups -OCH3 is 1. The third kappa shape index (κ3) is 9.71. The van der Waals surface area contributed by atoms with E-state index in [2.05, 4.69) is 34.4 Å². The van der Waals surface area contributed by atoms with Crippen LogP contribution in [0.15, 0.2) is 46.1 Å². The minimum Gasteiger partial charge on any atom is -0.507 e. The van der Waals surface area contributed by atoms with E-state index < -0.39 is 88.9 Å². The Morgan fingerprint density at radius 1 is 0.985 bits per heavy atom. The number of allylic oxidation sites excluding steroid dienone is 2. The van der Waals surface area contributed by atoms with Gasteiger partial charge in [-0.3, -0.25) is 24.2 Å². The lowest BCUT2D eigenvalue weighted by molar-refractivity contribution is -0.164. The van der Waals surface area contributed by atoms with Gasteiger partial charge in [-0.2, -0.15) is 0 Å². The summed E-state index contributed by atoms with van der Waals surface area (Å²) < 4.78 is 30.2. The normalized spacial score (nSPS) is 31.0. The summed E-state index contributed by atoms with van der Waals surface area (Å²) in [6.07, 6.45) is 5.09. The standard InChI is InChI=1S/C49H67N5O12/c1-24(2)23-54-19-17-49(18-20-54)52-37-34-35-41(58)30(8)45-36(34)46(60)48(10,66-45)63-21-16-32(62-12)27(5)44(64-31(9)55)29(7)40(57)28(6)43(65-33(56)22-50-11)25(3)14-13-15-26(4)47(61)51-39(42(35)59)38(37)53-49/h13-16,21,24-25,27-29,32,40,43-44,50,52,57-59H,17-20,22-23H2,1-12H3/b14-13+,21-16+,26-15-,51-39?/t25-,27+,28-,29+,32-,40+,43-,44+,48-/m0/s1. The molecule has 5 aliphatic heterocycles. The van der Waals surface area contributed by atoms with Crippen molar-refractivity contribution in [2.24, 2.45) is 39.6 Å². The van der Waals surface area contributed by atoms with Gasteiger partial charge in [0.1, 0.15) is 40.1 Å². The summed E-state index contributed by atoms with van der Waals surface area (Å²) in [5, 5.41) is 42.5. The largest absolute Gasteiger partial charge is 0.507 e. The molecular weight excluding hydrogens is 851 g/mol. The Hall–Kier alpha value is -5.36. The summed E-state index contributed by atoms with van der Waals surface area (Å²) in [6, 6.07) is 0. The van der Waals surface area contributed by atoms with Crippen molar-refractivity contribution in [3.8, 4) is 17.2 Å². The van der Waals surface area contributed by atoms with Crippen molar-refractivity contribution >= 4 is 40.1 Å². The highest BCUT2D eigenvalue weighted by molar-refractivity contribution is 6.21. The monoisotopic (exact) mass is 917 g/mol. The number of ether oxygens (including phenoxy) is 5. The maximum absolute atomic E-state index is 14.8. The van der Waals surface area contributed by atoms with Gasteiger partial charge < -0.3 is 54.5 Å². The predicted octanol–water partition coefficient (Wildman–Crippen LogP) is 4.52. The molecule has 5 bridgehead atoms. The number of nitrogens with one attached hydrogen (secondary N) is 2. The fourth-order valence-corrected chi connectivity index (χ4v) is 9.78. The lowest BCUT2D eigenvalue weighted by Gasteiger charge is -2.39. The van der Waals surface area contributed by atoms with Crippen LogP contribution < -0.4 is 26.1 Å². The first-order chi connectivity index (χ1) is 31.1. The highest BCUT2D eigenvalue weighted by atomic mass is 16.7. The van der Waals surface area contributed by atoms with Gasteiger partial charge in [0.25, 0.3) is 11.7 Å². The number of carbonyl (C=O) groups is 4. The number of rotatable bonds is 7. The Morgan fingerprint density at radius 2 is 1.65 bits per heavy atom. The zero-order valence-corrected chi connectivity index (χ0v) is 40.2. The molecule has 2 aromatic carbocycles. The number of hydrogen-bond donors (Lipinski definition) is 5. The Balaban J connectivity index is 1.56. The molecule has 1 fully saturated rings. The molecule has 5 heterocycles. The van der Waals surface area contributed by atoms with Gasteiger partial charge in [-0.05, 0) is 32.9 Å². The zero-order chi connectivity index (χ0) is 48.6. The second kappa shape index (κ2) is 19.9. The van der Waals surface area contributed by atoms with E-state index in [0.29, 0.717) is 37.5 Å². The Morgan fingerprint density at radius 3 is 2.27 bits per heavy atom. The fourth-order valence-electron chi connectivity index (χ4n) is 9.78. The van der Waals surface area contributed by atoms with E-state index in [1.54, 1.807) is 66.0 Å². The number of carbonyl (C=O) groups excluding carboxylic acids is 4. The molecule has 17 nitrogen and oxygen atoms in total. The van der Waals surface area contributed by atoms with Gasteiger partial charge in [-0.1, -0.05) is 59.8 Å². The molecule has 1 amide bonds. The van der Waals surface area contributed by atoms with Crippen LogP contribution in [0.5, 0.6) is 17.2 Å². The number of likely N-dealkylation sites (N-methyl/N-ethyl adjacent to an activating group) is 1. The zero-order valence-electron chi connectivity index (χ0n) is 40.2. The SMILES string of the molecule is CNCC(=O)O[C@@H]1[C@@H](C)[C@@H](O)[C@@H](C)[C@H](OC(C)=O)[C@H](C)[C@@H](OC)/C=C/O[C@@]2(C)Oc3c(C)c(O)c4c(O)c(c5c(c4c3C2=O)NC2(CCN(CC(C)C)CC2)N=5)=NC(=O)/C(C)=C\C=C\[C@@H]1C.